The number of carbonyl (C=O) groups excluding carboxylic acids is 1. The average Bonchev–Trinajstić information content (AvgIpc) is 2.61. The van der Waals surface area contributed by atoms with E-state index in [0.717, 1.165) is 43.3 Å². The van der Waals surface area contributed by atoms with Gasteiger partial charge in [-0.2, -0.15) is 0 Å². The Morgan fingerprint density at radius 3 is 2.44 bits per heavy atom. The van der Waals surface area contributed by atoms with Gasteiger partial charge in [0.15, 0.2) is 5.16 Å². The molecule has 3 rings (SSSR count). The highest BCUT2D eigenvalue weighted by Gasteiger charge is 2.26. The molecule has 1 aliphatic heterocycles. The summed E-state index contributed by atoms with van der Waals surface area (Å²) in [6.07, 6.45) is 3.64. The second kappa shape index (κ2) is 7.82. The van der Waals surface area contributed by atoms with Crippen molar-refractivity contribution in [1.82, 2.24) is 19.9 Å². The van der Waals surface area contributed by atoms with Crippen LogP contribution in [-0.4, -0.2) is 57.2 Å². The van der Waals surface area contributed by atoms with Crippen molar-refractivity contribution in [3.05, 3.63) is 42.0 Å². The fraction of sp³-hybridized carbons (Fsp3) is 0.444. The van der Waals surface area contributed by atoms with Crippen molar-refractivity contribution in [3.8, 4) is 0 Å². The third-order valence-corrected chi connectivity index (χ3v) is 5.14. The Balaban J connectivity index is 1.56. The highest BCUT2D eigenvalue weighted by atomic mass is 32.2. The predicted octanol–water partition coefficient (Wildman–Crippen LogP) is 2.32. The van der Waals surface area contributed by atoms with Gasteiger partial charge in [-0.05, 0) is 39.0 Å². The van der Waals surface area contributed by atoms with E-state index in [1.807, 2.05) is 44.0 Å². The van der Waals surface area contributed by atoms with Crippen molar-refractivity contribution in [2.45, 2.75) is 31.2 Å². The number of aromatic nitrogens is 3. The van der Waals surface area contributed by atoms with Crippen molar-refractivity contribution in [3.63, 3.8) is 0 Å². The summed E-state index contributed by atoms with van der Waals surface area (Å²) < 4.78 is 0. The molecule has 7 heteroatoms. The summed E-state index contributed by atoms with van der Waals surface area (Å²) in [5, 5.41) is 0.485. The fourth-order valence-corrected chi connectivity index (χ4v) is 3.90. The normalized spacial score (nSPS) is 16.0. The van der Waals surface area contributed by atoms with Gasteiger partial charge in [0.05, 0.1) is 17.1 Å². The van der Waals surface area contributed by atoms with Gasteiger partial charge in [-0.1, -0.05) is 11.8 Å². The van der Waals surface area contributed by atoms with E-state index in [0.29, 0.717) is 5.16 Å². The second-order valence-corrected chi connectivity index (χ2v) is 7.52. The monoisotopic (exact) mass is 357 g/mol. The first-order valence-corrected chi connectivity index (χ1v) is 9.33. The number of rotatable bonds is 4. The minimum atomic E-state index is -0.189. The summed E-state index contributed by atoms with van der Waals surface area (Å²) in [7, 11) is 0. The molecule has 0 radical (unpaired) electrons. The molecule has 0 aliphatic carbocycles. The standard InChI is InChI=1S/C18H23N5OS/c1-13-11-14(2)21-18(20-13)25-15(3)17(24)23-9-7-22(8-10-23)16-5-4-6-19-12-16/h4-6,11-12,15H,7-10H2,1-3H3/t15-/m1/s1. The maximum Gasteiger partial charge on any atom is 0.236 e. The van der Waals surface area contributed by atoms with Gasteiger partial charge in [0, 0.05) is 43.8 Å². The van der Waals surface area contributed by atoms with Crippen molar-refractivity contribution in [2.75, 3.05) is 31.1 Å². The number of thioether (sulfide) groups is 1. The Bertz CT molecular complexity index is 711. The second-order valence-electron chi connectivity index (χ2n) is 6.22. The molecular weight excluding hydrogens is 334 g/mol. The molecule has 2 aromatic rings. The molecule has 132 valence electrons. The molecule has 1 atom stereocenters. The molecule has 0 bridgehead atoms. The molecule has 25 heavy (non-hydrogen) atoms. The molecular formula is C18H23N5OS. The molecule has 1 fully saturated rings. The lowest BCUT2D eigenvalue weighted by molar-refractivity contribution is -0.130. The Morgan fingerprint density at radius 1 is 1.16 bits per heavy atom. The zero-order chi connectivity index (χ0) is 17.8. The number of hydrogen-bond donors (Lipinski definition) is 0. The average molecular weight is 357 g/mol. The third-order valence-electron chi connectivity index (χ3n) is 4.19. The summed E-state index contributed by atoms with van der Waals surface area (Å²) >= 11 is 1.43. The zero-order valence-electron chi connectivity index (χ0n) is 14.8. The summed E-state index contributed by atoms with van der Waals surface area (Å²) in [6.45, 7) is 8.94. The highest BCUT2D eigenvalue weighted by Crippen LogP contribution is 2.23. The van der Waals surface area contributed by atoms with Crippen LogP contribution in [0, 0.1) is 13.8 Å². The Labute approximate surface area is 152 Å². The molecule has 2 aromatic heterocycles. The van der Waals surface area contributed by atoms with Crippen LogP contribution in [0.2, 0.25) is 0 Å². The molecule has 1 saturated heterocycles. The van der Waals surface area contributed by atoms with E-state index in [9.17, 15) is 4.79 Å². The third kappa shape index (κ3) is 4.48. The van der Waals surface area contributed by atoms with Crippen LogP contribution in [-0.2, 0) is 4.79 Å². The van der Waals surface area contributed by atoms with E-state index in [2.05, 4.69) is 25.9 Å². The number of amides is 1. The number of anilines is 1. The minimum Gasteiger partial charge on any atom is -0.367 e. The van der Waals surface area contributed by atoms with Crippen LogP contribution in [0.1, 0.15) is 18.3 Å². The Hall–Kier alpha value is -2.15. The topological polar surface area (TPSA) is 62.2 Å². The lowest BCUT2D eigenvalue weighted by atomic mass is 10.2. The first-order chi connectivity index (χ1) is 12.0. The van der Waals surface area contributed by atoms with Crippen LogP contribution in [0.15, 0.2) is 35.7 Å². The number of aryl methyl sites for hydroxylation is 2. The van der Waals surface area contributed by atoms with E-state index >= 15 is 0 Å². The van der Waals surface area contributed by atoms with Gasteiger partial charge in [-0.15, -0.1) is 0 Å². The number of carbonyl (C=O) groups is 1. The molecule has 0 aromatic carbocycles. The van der Waals surface area contributed by atoms with Crippen LogP contribution < -0.4 is 4.90 Å². The lowest BCUT2D eigenvalue weighted by Gasteiger charge is -2.36. The first-order valence-electron chi connectivity index (χ1n) is 8.45. The first kappa shape index (κ1) is 17.7. The van der Waals surface area contributed by atoms with E-state index in [1.54, 1.807) is 6.20 Å². The van der Waals surface area contributed by atoms with Gasteiger partial charge < -0.3 is 9.80 Å². The molecule has 1 aliphatic rings. The van der Waals surface area contributed by atoms with Crippen molar-refractivity contribution >= 4 is 23.4 Å². The SMILES string of the molecule is Cc1cc(C)nc(S[C@H](C)C(=O)N2CCN(c3cccnc3)CC2)n1. The molecule has 0 N–H and O–H groups in total. The van der Waals surface area contributed by atoms with E-state index in [-0.39, 0.29) is 11.2 Å². The van der Waals surface area contributed by atoms with Gasteiger partial charge in [0.1, 0.15) is 0 Å². The number of nitrogens with zero attached hydrogens (tertiary/aromatic N) is 5. The largest absolute Gasteiger partial charge is 0.367 e. The van der Waals surface area contributed by atoms with Gasteiger partial charge in [0.25, 0.3) is 0 Å². The highest BCUT2D eigenvalue weighted by molar-refractivity contribution is 8.00. The van der Waals surface area contributed by atoms with Gasteiger partial charge >= 0.3 is 0 Å². The van der Waals surface area contributed by atoms with Crippen LogP contribution >= 0.6 is 11.8 Å². The number of hydrogen-bond acceptors (Lipinski definition) is 6. The number of pyridine rings is 1. The molecule has 0 saturated carbocycles. The van der Waals surface area contributed by atoms with Crippen molar-refractivity contribution in [2.24, 2.45) is 0 Å². The Kier molecular flexibility index (Phi) is 5.53. The smallest absolute Gasteiger partial charge is 0.236 e. The van der Waals surface area contributed by atoms with Gasteiger partial charge in [-0.3, -0.25) is 9.78 Å². The fourth-order valence-electron chi connectivity index (χ4n) is 2.94. The predicted molar refractivity (Wildman–Crippen MR) is 99.9 cm³/mol. The van der Waals surface area contributed by atoms with E-state index in [1.165, 1.54) is 11.8 Å². The molecule has 3 heterocycles. The molecule has 1 amide bonds. The Morgan fingerprint density at radius 2 is 1.84 bits per heavy atom. The zero-order valence-corrected chi connectivity index (χ0v) is 15.7. The molecule has 6 nitrogen and oxygen atoms in total. The maximum absolute atomic E-state index is 12.7. The lowest BCUT2D eigenvalue weighted by Crippen LogP contribution is -2.50. The molecule has 0 unspecified atom stereocenters. The van der Waals surface area contributed by atoms with Crippen molar-refractivity contribution < 1.29 is 4.79 Å². The van der Waals surface area contributed by atoms with Crippen LogP contribution in [0.5, 0.6) is 0 Å². The van der Waals surface area contributed by atoms with Crippen LogP contribution in [0.4, 0.5) is 5.69 Å². The van der Waals surface area contributed by atoms with Crippen molar-refractivity contribution in [1.29, 1.82) is 0 Å². The minimum absolute atomic E-state index is 0.151. The van der Waals surface area contributed by atoms with Crippen LogP contribution in [0.25, 0.3) is 0 Å². The van der Waals surface area contributed by atoms with E-state index < -0.39 is 0 Å². The van der Waals surface area contributed by atoms with Gasteiger partial charge in [-0.25, -0.2) is 9.97 Å². The summed E-state index contributed by atoms with van der Waals surface area (Å²) in [4.78, 5) is 29.9. The number of piperazine rings is 1. The maximum atomic E-state index is 12.7. The summed E-state index contributed by atoms with van der Waals surface area (Å²) in [6, 6.07) is 5.93. The van der Waals surface area contributed by atoms with E-state index in [4.69, 9.17) is 0 Å². The van der Waals surface area contributed by atoms with Crippen LogP contribution in [0.3, 0.4) is 0 Å². The quantitative estimate of drug-likeness (QED) is 0.618. The van der Waals surface area contributed by atoms with Gasteiger partial charge in [0.2, 0.25) is 5.91 Å². The molecule has 0 spiro atoms. The summed E-state index contributed by atoms with van der Waals surface area (Å²) in [5.41, 5.74) is 2.97. The summed E-state index contributed by atoms with van der Waals surface area (Å²) in [5.74, 6) is 0.151.